The summed E-state index contributed by atoms with van der Waals surface area (Å²) in [4.78, 5) is 18.2. The van der Waals surface area contributed by atoms with Gasteiger partial charge in [0.2, 0.25) is 0 Å². The largest absolute Gasteiger partial charge is 0.380 e. The van der Waals surface area contributed by atoms with Crippen molar-refractivity contribution in [3.8, 4) is 0 Å². The molecule has 0 spiro atoms. The molecule has 1 fully saturated rings. The summed E-state index contributed by atoms with van der Waals surface area (Å²) in [5, 5.41) is 3.15. The Morgan fingerprint density at radius 2 is 2.04 bits per heavy atom. The van der Waals surface area contributed by atoms with E-state index in [1.165, 1.54) is 23.2 Å². The summed E-state index contributed by atoms with van der Waals surface area (Å²) in [6, 6.07) is 7.51. The van der Waals surface area contributed by atoms with Crippen molar-refractivity contribution in [1.82, 2.24) is 9.88 Å². The third-order valence-corrected chi connectivity index (χ3v) is 6.22. The number of benzene rings is 1. The fraction of sp³-hybridized carbons (Fsp3) is 0.333. The third kappa shape index (κ3) is 4.37. The predicted octanol–water partition coefficient (Wildman–Crippen LogP) is 2.09. The predicted molar refractivity (Wildman–Crippen MR) is 97.1 cm³/mol. The zero-order valence-electron chi connectivity index (χ0n) is 14.4. The molecule has 0 bridgehead atoms. The molecule has 1 aliphatic heterocycles. The van der Waals surface area contributed by atoms with Crippen molar-refractivity contribution < 1.29 is 17.6 Å². The molecule has 1 aliphatic rings. The summed E-state index contributed by atoms with van der Waals surface area (Å²) in [6.07, 6.45) is 3.52. The van der Waals surface area contributed by atoms with Crippen molar-refractivity contribution in [2.45, 2.75) is 19.0 Å². The number of sulfone groups is 1. The van der Waals surface area contributed by atoms with E-state index in [2.05, 4.69) is 10.3 Å². The van der Waals surface area contributed by atoms with Gasteiger partial charge in [0.25, 0.3) is 5.91 Å². The maximum Gasteiger partial charge on any atom is 0.255 e. The molecule has 1 saturated heterocycles. The lowest BCUT2D eigenvalue weighted by Crippen LogP contribution is -2.37. The molecule has 2 heterocycles. The van der Waals surface area contributed by atoms with E-state index < -0.39 is 9.84 Å². The molecule has 1 atom stereocenters. The van der Waals surface area contributed by atoms with E-state index >= 15 is 0 Å². The number of aromatic nitrogens is 1. The topological polar surface area (TPSA) is 79.4 Å². The first-order valence-corrected chi connectivity index (χ1v) is 10.1. The first-order chi connectivity index (χ1) is 12.3. The standard InChI is InChI=1S/C18H20FN3O3S/c1-22(17-6-7-26(24,25)12-17)18(23)14-8-16(11-20-10-14)21-9-13-2-4-15(19)5-3-13/h2-5,8,10-11,17,21H,6-7,9,12H2,1H3. The number of amides is 1. The molecular formula is C18H20FN3O3S. The van der Waals surface area contributed by atoms with Crippen LogP contribution in [0.5, 0.6) is 0 Å². The Morgan fingerprint density at radius 3 is 2.69 bits per heavy atom. The van der Waals surface area contributed by atoms with Crippen molar-refractivity contribution in [1.29, 1.82) is 0 Å². The number of hydrogen-bond donors (Lipinski definition) is 1. The fourth-order valence-corrected chi connectivity index (χ4v) is 4.68. The van der Waals surface area contributed by atoms with Gasteiger partial charge in [-0.15, -0.1) is 0 Å². The quantitative estimate of drug-likeness (QED) is 0.863. The van der Waals surface area contributed by atoms with E-state index in [4.69, 9.17) is 0 Å². The van der Waals surface area contributed by atoms with Crippen LogP contribution < -0.4 is 5.32 Å². The Bertz CT molecular complexity index is 900. The van der Waals surface area contributed by atoms with Crippen molar-refractivity contribution in [3.63, 3.8) is 0 Å². The van der Waals surface area contributed by atoms with E-state index in [9.17, 15) is 17.6 Å². The molecule has 1 aromatic heterocycles. The minimum atomic E-state index is -3.06. The maximum absolute atomic E-state index is 12.9. The highest BCUT2D eigenvalue weighted by atomic mass is 32.2. The lowest BCUT2D eigenvalue weighted by atomic mass is 10.1. The minimum absolute atomic E-state index is 0.00513. The van der Waals surface area contributed by atoms with Crippen LogP contribution in [0.3, 0.4) is 0 Å². The van der Waals surface area contributed by atoms with Gasteiger partial charge in [-0.2, -0.15) is 0 Å². The number of rotatable bonds is 5. The first kappa shape index (κ1) is 18.3. The van der Waals surface area contributed by atoms with E-state index in [0.717, 1.165) is 5.56 Å². The Labute approximate surface area is 152 Å². The van der Waals surface area contributed by atoms with Crippen LogP contribution in [0.15, 0.2) is 42.7 Å². The molecule has 3 rings (SSSR count). The fourth-order valence-electron chi connectivity index (χ4n) is 2.91. The summed E-state index contributed by atoms with van der Waals surface area (Å²) in [6.45, 7) is 0.469. The minimum Gasteiger partial charge on any atom is -0.380 e. The summed E-state index contributed by atoms with van der Waals surface area (Å²) in [7, 11) is -1.44. The lowest BCUT2D eigenvalue weighted by Gasteiger charge is -2.23. The highest BCUT2D eigenvalue weighted by Crippen LogP contribution is 2.19. The van der Waals surface area contributed by atoms with E-state index in [1.54, 1.807) is 31.4 Å². The number of pyridine rings is 1. The molecule has 0 saturated carbocycles. The molecule has 26 heavy (non-hydrogen) atoms. The van der Waals surface area contributed by atoms with E-state index in [-0.39, 0.29) is 29.3 Å². The smallest absolute Gasteiger partial charge is 0.255 e. The molecule has 6 nitrogen and oxygen atoms in total. The Hall–Kier alpha value is -2.48. The second-order valence-electron chi connectivity index (χ2n) is 6.42. The SMILES string of the molecule is CN(C(=O)c1cncc(NCc2ccc(F)cc2)c1)C1CCS(=O)(=O)C1. The number of carbonyl (C=O) groups is 1. The normalized spacial score (nSPS) is 18.5. The Morgan fingerprint density at radius 1 is 1.31 bits per heavy atom. The van der Waals surface area contributed by atoms with Crippen LogP contribution in [0, 0.1) is 5.82 Å². The van der Waals surface area contributed by atoms with Crippen LogP contribution in [0.2, 0.25) is 0 Å². The van der Waals surface area contributed by atoms with E-state index in [0.29, 0.717) is 24.2 Å². The van der Waals surface area contributed by atoms with Gasteiger partial charge in [-0.1, -0.05) is 12.1 Å². The third-order valence-electron chi connectivity index (χ3n) is 4.47. The highest BCUT2D eigenvalue weighted by Gasteiger charge is 2.33. The summed E-state index contributed by atoms with van der Waals surface area (Å²) in [5.74, 6) is -0.428. The van der Waals surface area contributed by atoms with Gasteiger partial charge in [-0.3, -0.25) is 9.78 Å². The second-order valence-corrected chi connectivity index (χ2v) is 8.64. The average Bonchev–Trinajstić information content (AvgIpc) is 3.00. The van der Waals surface area contributed by atoms with Crippen molar-refractivity contribution >= 4 is 21.4 Å². The van der Waals surface area contributed by atoms with Crippen molar-refractivity contribution in [2.24, 2.45) is 0 Å². The Kier molecular flexibility index (Phi) is 5.22. The van der Waals surface area contributed by atoms with Gasteiger partial charge < -0.3 is 10.2 Å². The van der Waals surface area contributed by atoms with Gasteiger partial charge in [0.05, 0.1) is 22.8 Å². The summed E-state index contributed by atoms with van der Waals surface area (Å²) < 4.78 is 36.2. The first-order valence-electron chi connectivity index (χ1n) is 8.25. The van der Waals surface area contributed by atoms with Crippen molar-refractivity contribution in [2.75, 3.05) is 23.9 Å². The molecular weight excluding hydrogens is 357 g/mol. The molecule has 0 aliphatic carbocycles. The molecule has 138 valence electrons. The lowest BCUT2D eigenvalue weighted by molar-refractivity contribution is 0.0747. The molecule has 8 heteroatoms. The number of carbonyl (C=O) groups excluding carboxylic acids is 1. The number of nitrogens with zero attached hydrogens (tertiary/aromatic N) is 2. The van der Waals surface area contributed by atoms with Crippen LogP contribution in [-0.4, -0.2) is 48.8 Å². The molecule has 1 unspecified atom stereocenters. The average molecular weight is 377 g/mol. The number of halogens is 1. The number of anilines is 1. The van der Waals surface area contributed by atoms with Crippen LogP contribution in [-0.2, 0) is 16.4 Å². The van der Waals surface area contributed by atoms with Crippen LogP contribution in [0.25, 0.3) is 0 Å². The van der Waals surface area contributed by atoms with Crippen molar-refractivity contribution in [3.05, 3.63) is 59.7 Å². The highest BCUT2D eigenvalue weighted by molar-refractivity contribution is 7.91. The zero-order chi connectivity index (χ0) is 18.7. The Balaban J connectivity index is 1.66. The monoisotopic (exact) mass is 377 g/mol. The van der Waals surface area contributed by atoms with Gasteiger partial charge in [0.1, 0.15) is 5.82 Å². The summed E-state index contributed by atoms with van der Waals surface area (Å²) in [5.41, 5.74) is 1.95. The van der Waals surface area contributed by atoms with Crippen LogP contribution >= 0.6 is 0 Å². The summed E-state index contributed by atoms with van der Waals surface area (Å²) >= 11 is 0. The van der Waals surface area contributed by atoms with Crippen LogP contribution in [0.4, 0.5) is 10.1 Å². The second kappa shape index (κ2) is 7.41. The molecule has 1 N–H and O–H groups in total. The molecule has 0 radical (unpaired) electrons. The number of nitrogens with one attached hydrogen (secondary N) is 1. The van der Waals surface area contributed by atoms with Gasteiger partial charge in [-0.05, 0) is 30.2 Å². The van der Waals surface area contributed by atoms with Crippen LogP contribution in [0.1, 0.15) is 22.3 Å². The van der Waals surface area contributed by atoms with Gasteiger partial charge in [0.15, 0.2) is 9.84 Å². The molecule has 2 aromatic rings. The van der Waals surface area contributed by atoms with E-state index in [1.807, 2.05) is 0 Å². The molecule has 1 aromatic carbocycles. The van der Waals surface area contributed by atoms with Gasteiger partial charge in [-0.25, -0.2) is 12.8 Å². The molecule has 1 amide bonds. The number of hydrogen-bond acceptors (Lipinski definition) is 5. The zero-order valence-corrected chi connectivity index (χ0v) is 15.2. The van der Waals surface area contributed by atoms with Gasteiger partial charge >= 0.3 is 0 Å². The maximum atomic E-state index is 12.9. The van der Waals surface area contributed by atoms with Gasteiger partial charge in [0, 0.05) is 32.0 Å².